The SMILES string of the molecule is O=c1c(-c2ccccc2F)c([O-])[n+](Cc2cnc(Cl)s2)c2c3ccccc3ccn12. The summed E-state index contributed by atoms with van der Waals surface area (Å²) in [5.41, 5.74) is -0.361. The Bertz CT molecular complexity index is 1500. The lowest BCUT2D eigenvalue weighted by molar-refractivity contribution is -0.707. The number of pyridine rings is 1. The van der Waals surface area contributed by atoms with E-state index in [2.05, 4.69) is 4.98 Å². The average Bonchev–Trinajstić information content (AvgIpc) is 3.16. The van der Waals surface area contributed by atoms with E-state index >= 15 is 0 Å². The van der Waals surface area contributed by atoms with Gasteiger partial charge in [-0.25, -0.2) is 18.7 Å². The van der Waals surface area contributed by atoms with Gasteiger partial charge in [-0.2, -0.15) is 4.40 Å². The molecule has 0 saturated heterocycles. The Kier molecular flexibility index (Phi) is 4.49. The van der Waals surface area contributed by atoms with Gasteiger partial charge in [0.1, 0.15) is 24.1 Å². The van der Waals surface area contributed by atoms with E-state index in [0.717, 1.165) is 15.6 Å². The fourth-order valence-electron chi connectivity index (χ4n) is 3.64. The lowest BCUT2D eigenvalue weighted by atomic mass is 10.1. The van der Waals surface area contributed by atoms with E-state index in [9.17, 15) is 14.3 Å². The van der Waals surface area contributed by atoms with Gasteiger partial charge >= 0.3 is 5.56 Å². The molecule has 3 heterocycles. The molecule has 0 unspecified atom stereocenters. The highest BCUT2D eigenvalue weighted by Crippen LogP contribution is 2.27. The van der Waals surface area contributed by atoms with Gasteiger partial charge in [0.25, 0.3) is 5.65 Å². The Morgan fingerprint density at radius 1 is 1.13 bits per heavy atom. The van der Waals surface area contributed by atoms with Crippen LogP contribution >= 0.6 is 22.9 Å². The zero-order valence-electron chi connectivity index (χ0n) is 15.4. The Hall–Kier alpha value is -3.29. The highest BCUT2D eigenvalue weighted by molar-refractivity contribution is 7.15. The van der Waals surface area contributed by atoms with Crippen molar-refractivity contribution in [1.82, 2.24) is 9.38 Å². The quantitative estimate of drug-likeness (QED) is 0.319. The Morgan fingerprint density at radius 3 is 2.67 bits per heavy atom. The monoisotopic (exact) mass is 437 g/mol. The van der Waals surface area contributed by atoms with Gasteiger partial charge in [0.05, 0.1) is 16.1 Å². The van der Waals surface area contributed by atoms with Crippen LogP contribution in [0.25, 0.3) is 27.5 Å². The Balaban J connectivity index is 1.93. The van der Waals surface area contributed by atoms with Gasteiger partial charge in [0.15, 0.2) is 4.47 Å². The Morgan fingerprint density at radius 2 is 1.90 bits per heavy atom. The number of rotatable bonds is 3. The molecule has 3 aromatic heterocycles. The minimum absolute atomic E-state index is 0.0221. The van der Waals surface area contributed by atoms with E-state index in [1.807, 2.05) is 24.3 Å². The summed E-state index contributed by atoms with van der Waals surface area (Å²) < 4.78 is 17.8. The lowest BCUT2D eigenvalue weighted by Gasteiger charge is -2.17. The molecular formula is C22H13ClFN3O2S. The molecule has 30 heavy (non-hydrogen) atoms. The summed E-state index contributed by atoms with van der Waals surface area (Å²) in [5.74, 6) is -1.19. The molecule has 0 atom stereocenters. The van der Waals surface area contributed by atoms with E-state index in [0.29, 0.717) is 10.1 Å². The summed E-state index contributed by atoms with van der Waals surface area (Å²) in [7, 11) is 0. The van der Waals surface area contributed by atoms with E-state index in [4.69, 9.17) is 11.6 Å². The number of aromatic nitrogens is 3. The van der Waals surface area contributed by atoms with E-state index in [1.165, 1.54) is 38.5 Å². The third-order valence-electron chi connectivity index (χ3n) is 4.96. The third-order valence-corrected chi connectivity index (χ3v) is 6.06. The third kappa shape index (κ3) is 2.94. The Labute approximate surface area is 178 Å². The number of thiazole rings is 1. The first-order valence-corrected chi connectivity index (χ1v) is 10.3. The van der Waals surface area contributed by atoms with E-state index in [1.54, 1.807) is 24.5 Å². The summed E-state index contributed by atoms with van der Waals surface area (Å²) in [6.45, 7) is 0.155. The second kappa shape index (κ2) is 7.19. The van der Waals surface area contributed by atoms with Gasteiger partial charge < -0.3 is 5.11 Å². The maximum Gasteiger partial charge on any atom is 0.349 e. The van der Waals surface area contributed by atoms with Crippen LogP contribution in [-0.2, 0) is 6.54 Å². The van der Waals surface area contributed by atoms with Crippen molar-refractivity contribution in [3.63, 3.8) is 0 Å². The summed E-state index contributed by atoms with van der Waals surface area (Å²) >= 11 is 7.22. The summed E-state index contributed by atoms with van der Waals surface area (Å²) in [4.78, 5) is 18.1. The molecular weight excluding hydrogens is 425 g/mol. The molecule has 148 valence electrons. The van der Waals surface area contributed by atoms with Gasteiger partial charge in [0.2, 0.25) is 0 Å². The van der Waals surface area contributed by atoms with Crippen LogP contribution < -0.4 is 15.2 Å². The second-order valence-corrected chi connectivity index (χ2v) is 8.42. The van der Waals surface area contributed by atoms with E-state index in [-0.39, 0.29) is 17.7 Å². The number of hydrogen-bond donors (Lipinski definition) is 0. The van der Waals surface area contributed by atoms with Crippen molar-refractivity contribution < 1.29 is 14.1 Å². The molecule has 0 saturated carbocycles. The number of halogens is 2. The molecule has 5 nitrogen and oxygen atoms in total. The first-order valence-electron chi connectivity index (χ1n) is 9.06. The predicted octanol–water partition coefficient (Wildman–Crippen LogP) is 3.78. The molecule has 0 aliphatic carbocycles. The lowest BCUT2D eigenvalue weighted by Crippen LogP contribution is -2.44. The van der Waals surface area contributed by atoms with Gasteiger partial charge in [-0.15, -0.1) is 11.3 Å². The van der Waals surface area contributed by atoms with Crippen LogP contribution in [0.1, 0.15) is 4.88 Å². The van der Waals surface area contributed by atoms with Crippen LogP contribution in [0.3, 0.4) is 0 Å². The molecule has 5 aromatic rings. The molecule has 0 fully saturated rings. The number of hydrogen-bond acceptors (Lipinski definition) is 4. The predicted molar refractivity (Wildman–Crippen MR) is 112 cm³/mol. The van der Waals surface area contributed by atoms with Crippen LogP contribution in [-0.4, -0.2) is 9.38 Å². The normalized spacial score (nSPS) is 11.4. The van der Waals surface area contributed by atoms with Crippen molar-refractivity contribution in [2.75, 3.05) is 0 Å². The fraction of sp³-hybridized carbons (Fsp3) is 0.0455. The van der Waals surface area contributed by atoms with Crippen LogP contribution in [0.4, 0.5) is 4.39 Å². The summed E-state index contributed by atoms with van der Waals surface area (Å²) in [6.07, 6.45) is 3.20. The van der Waals surface area contributed by atoms with Crippen molar-refractivity contribution in [3.05, 3.63) is 92.5 Å². The average molecular weight is 438 g/mol. The first kappa shape index (κ1) is 18.7. The molecule has 0 amide bonds. The number of fused-ring (bicyclic) bond motifs is 3. The summed E-state index contributed by atoms with van der Waals surface area (Å²) in [5, 5.41) is 15.2. The van der Waals surface area contributed by atoms with Gasteiger partial charge in [-0.1, -0.05) is 48.0 Å². The van der Waals surface area contributed by atoms with Crippen LogP contribution in [0.15, 0.2) is 71.8 Å². The van der Waals surface area contributed by atoms with Crippen molar-refractivity contribution >= 4 is 39.4 Å². The zero-order chi connectivity index (χ0) is 20.8. The van der Waals surface area contributed by atoms with Crippen molar-refractivity contribution in [2.45, 2.75) is 6.54 Å². The number of benzene rings is 2. The first-order chi connectivity index (χ1) is 14.5. The molecule has 0 spiro atoms. The maximum absolute atomic E-state index is 14.5. The van der Waals surface area contributed by atoms with Gasteiger partial charge in [-0.05, 0) is 23.6 Å². The topological polar surface area (TPSA) is 61.3 Å². The highest BCUT2D eigenvalue weighted by atomic mass is 35.5. The minimum Gasteiger partial charge on any atom is -0.842 e. The summed E-state index contributed by atoms with van der Waals surface area (Å²) in [6, 6.07) is 15.1. The van der Waals surface area contributed by atoms with Crippen LogP contribution in [0.2, 0.25) is 4.47 Å². The van der Waals surface area contributed by atoms with Gasteiger partial charge in [0, 0.05) is 11.8 Å². The van der Waals surface area contributed by atoms with Crippen molar-refractivity contribution in [3.8, 4) is 17.0 Å². The van der Waals surface area contributed by atoms with Crippen LogP contribution in [0, 0.1) is 5.82 Å². The zero-order valence-corrected chi connectivity index (χ0v) is 17.0. The largest absolute Gasteiger partial charge is 0.842 e. The number of nitrogens with zero attached hydrogens (tertiary/aromatic N) is 3. The maximum atomic E-state index is 14.5. The minimum atomic E-state index is -0.625. The van der Waals surface area contributed by atoms with Crippen molar-refractivity contribution in [1.29, 1.82) is 0 Å². The highest BCUT2D eigenvalue weighted by Gasteiger charge is 2.24. The molecule has 0 bridgehead atoms. The van der Waals surface area contributed by atoms with Crippen molar-refractivity contribution in [2.24, 2.45) is 0 Å². The second-order valence-electron chi connectivity index (χ2n) is 6.73. The molecule has 5 rings (SSSR count). The van der Waals surface area contributed by atoms with Gasteiger partial charge in [-0.3, -0.25) is 0 Å². The fourth-order valence-corrected chi connectivity index (χ4v) is 4.60. The van der Waals surface area contributed by atoms with E-state index < -0.39 is 17.3 Å². The molecule has 0 aliphatic heterocycles. The standard InChI is InChI=1S/C22H13ClFN3O2S/c23-22-25-11-14(30-22)12-27-19-15-6-2-1-5-13(15)9-10-26(19)20(28)18(21(27)29)16-7-3-4-8-17(16)24/h1-11H,12H2. The van der Waals surface area contributed by atoms with Crippen LogP contribution in [0.5, 0.6) is 5.88 Å². The molecule has 0 radical (unpaired) electrons. The molecule has 2 aromatic carbocycles. The molecule has 8 heteroatoms. The molecule has 0 aliphatic rings. The smallest absolute Gasteiger partial charge is 0.349 e. The molecule has 0 N–H and O–H groups in total.